The zero-order valence-electron chi connectivity index (χ0n) is 15.1. The first-order chi connectivity index (χ1) is 11.3. The van der Waals surface area contributed by atoms with Crippen LogP contribution in [-0.2, 0) is 26.9 Å². The van der Waals surface area contributed by atoms with E-state index < -0.39 is 9.84 Å². The third kappa shape index (κ3) is 7.11. The number of aromatic nitrogens is 2. The Morgan fingerprint density at radius 1 is 1.27 bits per heavy atom. The summed E-state index contributed by atoms with van der Waals surface area (Å²) in [5.74, 6) is 0.0224. The first-order valence-corrected chi connectivity index (χ1v) is 9.98. The molecule has 0 fully saturated rings. The van der Waals surface area contributed by atoms with Crippen LogP contribution in [0.3, 0.4) is 0 Å². The minimum atomic E-state index is -3.24. The zero-order chi connectivity index (χ0) is 17.7. The van der Waals surface area contributed by atoms with Gasteiger partial charge in [-0.3, -0.25) is 4.79 Å². The van der Waals surface area contributed by atoms with E-state index in [4.69, 9.17) is 0 Å². The van der Waals surface area contributed by atoms with Gasteiger partial charge in [0, 0.05) is 18.8 Å². The molecule has 0 radical (unpaired) electrons. The highest BCUT2D eigenvalue weighted by molar-refractivity contribution is 7.89. The Bertz CT molecular complexity index is 824. The molecule has 2 rings (SSSR count). The molecule has 1 amide bonds. The number of imidazole rings is 1. The van der Waals surface area contributed by atoms with E-state index in [1.165, 1.54) is 0 Å². The van der Waals surface area contributed by atoms with E-state index in [1.807, 2.05) is 38.1 Å². The van der Waals surface area contributed by atoms with E-state index in [0.29, 0.717) is 17.9 Å². The van der Waals surface area contributed by atoms with Crippen molar-refractivity contribution in [2.75, 3.05) is 19.3 Å². The molecule has 1 heterocycles. The second-order valence-electron chi connectivity index (χ2n) is 5.94. The summed E-state index contributed by atoms with van der Waals surface area (Å²) >= 11 is 0. The second kappa shape index (κ2) is 10.7. The molecule has 1 aromatic carbocycles. The smallest absolute Gasteiger partial charge is 0.240 e. The fraction of sp³-hybridized carbons (Fsp3) is 0.500. The van der Waals surface area contributed by atoms with Gasteiger partial charge in [-0.1, -0.05) is 19.1 Å². The van der Waals surface area contributed by atoms with Crippen molar-refractivity contribution in [1.29, 1.82) is 0 Å². The van der Waals surface area contributed by atoms with Gasteiger partial charge in [-0.15, -0.1) is 24.8 Å². The van der Waals surface area contributed by atoms with Crippen molar-refractivity contribution in [3.63, 3.8) is 0 Å². The number of sulfone groups is 1. The topological polar surface area (TPSA) is 93.1 Å². The van der Waals surface area contributed by atoms with Gasteiger partial charge in [0.25, 0.3) is 0 Å². The summed E-state index contributed by atoms with van der Waals surface area (Å²) in [7, 11) is -3.24. The van der Waals surface area contributed by atoms with E-state index >= 15 is 0 Å². The van der Waals surface area contributed by atoms with Crippen molar-refractivity contribution in [1.82, 2.24) is 20.2 Å². The van der Waals surface area contributed by atoms with Crippen LogP contribution in [0.5, 0.6) is 0 Å². The van der Waals surface area contributed by atoms with Gasteiger partial charge in [0.2, 0.25) is 5.91 Å². The largest absolute Gasteiger partial charge is 0.353 e. The third-order valence-electron chi connectivity index (χ3n) is 3.58. The maximum Gasteiger partial charge on any atom is 0.240 e. The molecule has 2 N–H and O–H groups in total. The van der Waals surface area contributed by atoms with Crippen LogP contribution < -0.4 is 10.6 Å². The Hall–Kier alpha value is -1.35. The lowest BCUT2D eigenvalue weighted by atomic mass is 10.3. The molecule has 26 heavy (non-hydrogen) atoms. The lowest BCUT2D eigenvalue weighted by Gasteiger charge is -2.14. The summed E-state index contributed by atoms with van der Waals surface area (Å²) in [4.78, 5) is 16.6. The number of nitrogens with one attached hydrogen (secondary N) is 2. The van der Waals surface area contributed by atoms with E-state index in [0.717, 1.165) is 18.3 Å². The SMILES string of the molecule is CCN[C@H](C)CNC(=O)Cn1c(CS(C)(=O)=O)nc2ccccc21.Cl.Cl. The van der Waals surface area contributed by atoms with Crippen molar-refractivity contribution in [2.24, 2.45) is 0 Å². The van der Waals surface area contributed by atoms with E-state index in [2.05, 4.69) is 15.6 Å². The van der Waals surface area contributed by atoms with E-state index in [9.17, 15) is 13.2 Å². The molecule has 10 heteroatoms. The summed E-state index contributed by atoms with van der Waals surface area (Å²) in [6, 6.07) is 7.50. The molecule has 0 bridgehead atoms. The summed E-state index contributed by atoms with van der Waals surface area (Å²) in [6.07, 6.45) is 1.16. The van der Waals surface area contributed by atoms with Gasteiger partial charge in [0.1, 0.15) is 18.1 Å². The average molecular weight is 425 g/mol. The standard InChI is InChI=1S/C16H24N4O3S.2ClH/c1-4-17-12(2)9-18-16(21)10-20-14-8-6-5-7-13(14)19-15(20)11-24(3,22)23;;/h5-8,12,17H,4,9-11H2,1-3H3,(H,18,21);2*1H/t12-;;/m1../s1. The van der Waals surface area contributed by atoms with Crippen LogP contribution in [-0.4, -0.2) is 49.3 Å². The summed E-state index contributed by atoms with van der Waals surface area (Å²) < 4.78 is 25.0. The predicted octanol–water partition coefficient (Wildman–Crippen LogP) is 1.54. The first-order valence-electron chi connectivity index (χ1n) is 7.92. The van der Waals surface area contributed by atoms with Gasteiger partial charge >= 0.3 is 0 Å². The van der Waals surface area contributed by atoms with E-state index in [-0.39, 0.29) is 49.1 Å². The normalized spacial score (nSPS) is 12.1. The quantitative estimate of drug-likeness (QED) is 0.669. The number of likely N-dealkylation sites (N-methyl/N-ethyl adjacent to an activating group) is 1. The number of fused-ring (bicyclic) bond motifs is 1. The number of hydrogen-bond acceptors (Lipinski definition) is 5. The molecule has 0 spiro atoms. The summed E-state index contributed by atoms with van der Waals surface area (Å²) in [6.45, 7) is 5.39. The van der Waals surface area contributed by atoms with Gasteiger partial charge < -0.3 is 15.2 Å². The Kier molecular flexibility index (Phi) is 10.2. The number of amides is 1. The maximum atomic E-state index is 12.2. The highest BCUT2D eigenvalue weighted by Crippen LogP contribution is 2.17. The van der Waals surface area contributed by atoms with Crippen molar-refractivity contribution in [3.8, 4) is 0 Å². The molecule has 0 aliphatic rings. The molecule has 2 aromatic rings. The molecular weight excluding hydrogens is 399 g/mol. The van der Waals surface area contributed by atoms with Crippen LogP contribution >= 0.6 is 24.8 Å². The fourth-order valence-electron chi connectivity index (χ4n) is 2.53. The maximum absolute atomic E-state index is 12.2. The minimum absolute atomic E-state index is 0. The first kappa shape index (κ1) is 24.7. The molecule has 0 saturated carbocycles. The number of rotatable bonds is 8. The molecule has 0 unspecified atom stereocenters. The zero-order valence-corrected chi connectivity index (χ0v) is 17.5. The Morgan fingerprint density at radius 3 is 2.54 bits per heavy atom. The Labute approximate surface area is 166 Å². The summed E-state index contributed by atoms with van der Waals surface area (Å²) in [5.41, 5.74) is 1.44. The van der Waals surface area contributed by atoms with Crippen molar-refractivity contribution in [2.45, 2.75) is 32.2 Å². The van der Waals surface area contributed by atoms with Gasteiger partial charge in [0.15, 0.2) is 9.84 Å². The van der Waals surface area contributed by atoms with Gasteiger partial charge in [-0.2, -0.15) is 0 Å². The monoisotopic (exact) mass is 424 g/mol. The summed E-state index contributed by atoms with van der Waals surface area (Å²) in [5, 5.41) is 6.08. The van der Waals surface area contributed by atoms with Crippen LogP contribution in [0, 0.1) is 0 Å². The van der Waals surface area contributed by atoms with Crippen LogP contribution in [0.1, 0.15) is 19.7 Å². The average Bonchev–Trinajstić information content (AvgIpc) is 2.81. The fourth-order valence-corrected chi connectivity index (χ4v) is 3.22. The molecule has 1 aromatic heterocycles. The second-order valence-corrected chi connectivity index (χ2v) is 8.08. The Morgan fingerprint density at radius 2 is 1.92 bits per heavy atom. The number of para-hydroxylation sites is 2. The number of nitrogens with zero attached hydrogens (tertiary/aromatic N) is 2. The predicted molar refractivity (Wildman–Crippen MR) is 109 cm³/mol. The van der Waals surface area contributed by atoms with Gasteiger partial charge in [-0.25, -0.2) is 13.4 Å². The molecule has 7 nitrogen and oxygen atoms in total. The van der Waals surface area contributed by atoms with Crippen LogP contribution in [0.4, 0.5) is 0 Å². The lowest BCUT2D eigenvalue weighted by Crippen LogP contribution is -2.40. The number of carbonyl (C=O) groups is 1. The third-order valence-corrected chi connectivity index (χ3v) is 4.37. The number of carbonyl (C=O) groups excluding carboxylic acids is 1. The molecular formula is C16H26Cl2N4O3S. The number of halogens is 2. The number of benzene rings is 1. The molecule has 0 aliphatic carbocycles. The number of hydrogen-bond donors (Lipinski definition) is 2. The van der Waals surface area contributed by atoms with Crippen LogP contribution in [0.25, 0.3) is 11.0 Å². The molecule has 148 valence electrons. The lowest BCUT2D eigenvalue weighted by molar-refractivity contribution is -0.121. The van der Waals surface area contributed by atoms with Gasteiger partial charge in [-0.05, 0) is 25.6 Å². The molecule has 0 aliphatic heterocycles. The molecule has 0 saturated heterocycles. The van der Waals surface area contributed by atoms with Crippen LogP contribution in [0.15, 0.2) is 24.3 Å². The molecule has 1 atom stereocenters. The van der Waals surface area contributed by atoms with E-state index in [1.54, 1.807) is 4.57 Å². The van der Waals surface area contributed by atoms with Crippen molar-refractivity contribution in [3.05, 3.63) is 30.1 Å². The minimum Gasteiger partial charge on any atom is -0.353 e. The highest BCUT2D eigenvalue weighted by atomic mass is 35.5. The van der Waals surface area contributed by atoms with Crippen LogP contribution in [0.2, 0.25) is 0 Å². The highest BCUT2D eigenvalue weighted by Gasteiger charge is 2.17. The van der Waals surface area contributed by atoms with Crippen molar-refractivity contribution >= 4 is 51.6 Å². The Balaban J connectivity index is 0.00000312. The van der Waals surface area contributed by atoms with Gasteiger partial charge in [0.05, 0.1) is 11.0 Å². The van der Waals surface area contributed by atoms with Crippen molar-refractivity contribution < 1.29 is 13.2 Å².